The molecule has 3 aliphatic heterocycles. The minimum absolute atomic E-state index is 0.00313. The molecule has 3 fully saturated rings. The molecule has 6 aromatic heterocycles. The summed E-state index contributed by atoms with van der Waals surface area (Å²) in [5.41, 5.74) is 15.6. The summed E-state index contributed by atoms with van der Waals surface area (Å²) < 4.78 is 124. The number of nitrogens with two attached hydrogens (primary N) is 3. The van der Waals surface area contributed by atoms with Crippen molar-refractivity contribution in [3.05, 3.63) is 46.0 Å². The summed E-state index contributed by atoms with van der Waals surface area (Å²) in [5, 5.41) is 33.2. The number of hydrogen-bond donors (Lipinski definition) is 13. The molecular formula is C38H56N16O26P5+. The van der Waals surface area contributed by atoms with Crippen LogP contribution >= 0.6 is 38.7 Å². The molecular weight excluding hydrogens is 1250 g/mol. The summed E-state index contributed by atoms with van der Waals surface area (Å²) in [4.78, 5) is 121. The number of aryl methyl sites for hydroxylation is 1. The maximum atomic E-state index is 13.7. The third kappa shape index (κ3) is 13.8. The lowest BCUT2D eigenvalue weighted by molar-refractivity contribution is -0.745. The summed E-state index contributed by atoms with van der Waals surface area (Å²) in [6, 6.07) is 0. The largest absolute Gasteiger partial charge is 0.479 e. The molecule has 468 valence electrons. The topological polar surface area (TPSA) is 600 Å². The van der Waals surface area contributed by atoms with E-state index in [1.54, 1.807) is 0 Å². The van der Waals surface area contributed by atoms with Crippen molar-refractivity contribution >= 4 is 95.8 Å². The van der Waals surface area contributed by atoms with Crippen LogP contribution in [0, 0.1) is 5.92 Å². The third-order valence-corrected chi connectivity index (χ3v) is 20.9. The molecule has 85 heavy (non-hydrogen) atoms. The fourth-order valence-corrected chi connectivity index (χ4v) is 16.7. The van der Waals surface area contributed by atoms with Crippen molar-refractivity contribution in [3.8, 4) is 0 Å². The average molecular weight is 1310 g/mol. The molecule has 0 bridgehead atoms. The van der Waals surface area contributed by atoms with Gasteiger partial charge in [-0.1, -0.05) is 4.98 Å². The Kier molecular flexibility index (Phi) is 18.3. The van der Waals surface area contributed by atoms with Gasteiger partial charge in [-0.15, -0.1) is 0 Å². The van der Waals surface area contributed by atoms with Crippen LogP contribution < -0.4 is 32.9 Å². The Morgan fingerprint density at radius 2 is 1.27 bits per heavy atom. The Balaban J connectivity index is 0.840. The normalized spacial score (nSPS) is 29.0. The van der Waals surface area contributed by atoms with Gasteiger partial charge >= 0.3 is 44.3 Å². The number of phosphoric ester groups is 3. The summed E-state index contributed by atoms with van der Waals surface area (Å²) >= 11 is 0. The number of ether oxygens (including phenoxy) is 4. The van der Waals surface area contributed by atoms with E-state index in [1.807, 2.05) is 0 Å². The first kappa shape index (κ1) is 64.0. The van der Waals surface area contributed by atoms with Gasteiger partial charge in [-0.2, -0.15) is 4.98 Å². The molecule has 9 heterocycles. The number of imidazole rings is 3. The highest BCUT2D eigenvalue weighted by Crippen LogP contribution is 2.65. The number of nitrogen functional groups attached to an aromatic ring is 3. The number of hydrogen-bond acceptors (Lipinski definition) is 30. The zero-order valence-electron chi connectivity index (χ0n) is 44.3. The smallest absolute Gasteiger partial charge is 0.387 e. The third-order valence-electron chi connectivity index (χ3n) is 13.4. The molecule has 5 unspecified atom stereocenters. The van der Waals surface area contributed by atoms with Gasteiger partial charge in [0.1, 0.15) is 54.6 Å². The highest BCUT2D eigenvalue weighted by Gasteiger charge is 2.54. The van der Waals surface area contributed by atoms with E-state index in [0.29, 0.717) is 0 Å². The number of phosphoric acid groups is 3. The van der Waals surface area contributed by atoms with Crippen molar-refractivity contribution in [2.75, 3.05) is 70.6 Å². The molecule has 0 saturated carbocycles. The number of carbonyl (C=O) groups excluding carboxylic acids is 1. The second-order valence-corrected chi connectivity index (χ2v) is 27.9. The zero-order valence-corrected chi connectivity index (χ0v) is 48.8. The minimum atomic E-state index is -5.85. The number of carbonyl (C=O) groups is 1. The Bertz CT molecular complexity index is 3880. The van der Waals surface area contributed by atoms with E-state index in [0.717, 1.165) is 30.7 Å². The zero-order chi connectivity index (χ0) is 62.0. The van der Waals surface area contributed by atoms with Crippen molar-refractivity contribution in [3.63, 3.8) is 0 Å². The number of fused-ring (bicyclic) bond motifs is 3. The number of anilines is 3. The van der Waals surface area contributed by atoms with Gasteiger partial charge in [-0.05, 0) is 0 Å². The van der Waals surface area contributed by atoms with Crippen molar-refractivity contribution in [1.82, 2.24) is 58.5 Å². The van der Waals surface area contributed by atoms with Gasteiger partial charge in [0.25, 0.3) is 17.1 Å². The van der Waals surface area contributed by atoms with E-state index in [9.17, 15) is 77.0 Å². The molecule has 9 rings (SSSR count). The van der Waals surface area contributed by atoms with E-state index < -0.39 is 168 Å². The first-order valence-corrected chi connectivity index (χ1v) is 32.5. The maximum absolute atomic E-state index is 13.7. The Labute approximate surface area is 474 Å². The second kappa shape index (κ2) is 24.3. The van der Waals surface area contributed by atoms with Crippen LogP contribution in [-0.2, 0) is 80.3 Å². The van der Waals surface area contributed by atoms with Crippen LogP contribution in [0.5, 0.6) is 0 Å². The van der Waals surface area contributed by atoms with Crippen LogP contribution in [0.2, 0.25) is 0 Å². The second-order valence-electron chi connectivity index (χ2n) is 19.4. The van der Waals surface area contributed by atoms with Crippen LogP contribution in [0.4, 0.5) is 17.7 Å². The van der Waals surface area contributed by atoms with Crippen molar-refractivity contribution < 1.29 is 118 Å². The lowest BCUT2D eigenvalue weighted by Gasteiger charge is -2.26. The molecule has 3 aliphatic rings. The van der Waals surface area contributed by atoms with Gasteiger partial charge < -0.3 is 80.8 Å². The maximum Gasteiger partial charge on any atom is 0.479 e. The molecule has 47 heteroatoms. The number of amides is 1. The number of methoxy groups -OCH3 is 1. The number of aliphatic hydroxyl groups is 3. The first-order valence-electron chi connectivity index (χ1n) is 24.5. The molecule has 0 aliphatic carbocycles. The summed E-state index contributed by atoms with van der Waals surface area (Å²) in [7, 11) is -22.8. The van der Waals surface area contributed by atoms with E-state index in [1.165, 1.54) is 46.1 Å². The van der Waals surface area contributed by atoms with Gasteiger partial charge in [0, 0.05) is 33.5 Å². The number of aromatic nitrogens is 12. The molecule has 3 saturated heterocycles. The molecule has 0 aromatic carbocycles. The van der Waals surface area contributed by atoms with Crippen LogP contribution in [0.3, 0.4) is 0 Å². The van der Waals surface area contributed by atoms with E-state index >= 15 is 0 Å². The minimum Gasteiger partial charge on any atom is -0.387 e. The number of aliphatic hydroxyl groups excluding tert-OH is 3. The molecule has 0 spiro atoms. The van der Waals surface area contributed by atoms with Gasteiger partial charge in [-0.25, -0.2) is 46.8 Å². The molecule has 17 atom stereocenters. The fraction of sp³-hybridized carbons (Fsp3) is 0.579. The van der Waals surface area contributed by atoms with Crippen LogP contribution in [0.15, 0.2) is 34.9 Å². The predicted molar refractivity (Wildman–Crippen MR) is 279 cm³/mol. The predicted octanol–water partition coefficient (Wildman–Crippen LogP) is -3.71. The number of aromatic amines is 2. The lowest BCUT2D eigenvalue weighted by atomic mass is 9.94. The van der Waals surface area contributed by atoms with Gasteiger partial charge in [0.2, 0.25) is 23.6 Å². The number of nitrogens with zero attached hydrogens (tertiary/aromatic N) is 11. The first-order chi connectivity index (χ1) is 39.7. The summed E-state index contributed by atoms with van der Waals surface area (Å²) in [6.45, 7) is -3.23. The standard InChI is InChI=1S/C38H55N16O26P5/c1-50(2)19(55)7-15-16(75-34(23(15)56)54-14-51(3)22-31(54)47-38(41)49-33(22)60)8-73-84(67,68)79-81(61,62)5-6-82(63,64)80-85(69,70)74-10-18-26(27(71-4)36(77-18)52-12-44-20-28(39)42-11-43-29(20)52)78-83(65,66)72-9-17-24(57)25(58)35(76-17)53-13-45-21-30(53)46-37(40)48-32(21)59/h11-18,23-27,34-36,56-58H,5-10H2,1-4H3,(H12-,39,40,41,42,43,46,47,48,49,59,60,61,62,63,64,65,66,67,68,69,70)/p+1/t15-,16-,17-,18-,23-,24-,25-,26-,27-,34-,35-,36-/m1/s1. The summed E-state index contributed by atoms with van der Waals surface area (Å²) in [5.74, 6) is -2.48. The Morgan fingerprint density at radius 3 is 1.91 bits per heavy atom. The van der Waals surface area contributed by atoms with Crippen molar-refractivity contribution in [2.24, 2.45) is 13.0 Å². The summed E-state index contributed by atoms with van der Waals surface area (Å²) in [6.07, 6.45) is -16.9. The Morgan fingerprint density at radius 1 is 0.706 bits per heavy atom. The van der Waals surface area contributed by atoms with Gasteiger partial charge in [0.05, 0.1) is 58.0 Å². The molecule has 16 N–H and O–H groups in total. The van der Waals surface area contributed by atoms with E-state index in [4.69, 9.17) is 54.2 Å². The van der Waals surface area contributed by atoms with E-state index in [2.05, 4.69) is 48.5 Å². The van der Waals surface area contributed by atoms with E-state index in [-0.39, 0.29) is 51.2 Å². The lowest BCUT2D eigenvalue weighted by Crippen LogP contribution is -2.45. The van der Waals surface area contributed by atoms with Crippen molar-refractivity contribution in [2.45, 2.75) is 73.9 Å². The quantitative estimate of drug-likeness (QED) is 0.0205. The van der Waals surface area contributed by atoms with Crippen molar-refractivity contribution in [1.29, 1.82) is 0 Å². The van der Waals surface area contributed by atoms with Crippen LogP contribution in [0.25, 0.3) is 33.5 Å². The highest BCUT2D eigenvalue weighted by atomic mass is 31.3. The molecule has 0 radical (unpaired) electrons. The van der Waals surface area contributed by atoms with Crippen LogP contribution in [0.1, 0.15) is 25.1 Å². The average Bonchev–Trinajstić information content (AvgIpc) is 1.77. The highest BCUT2D eigenvalue weighted by molar-refractivity contribution is 7.66. The fourth-order valence-electron chi connectivity index (χ4n) is 9.39. The molecule has 6 aromatic rings. The van der Waals surface area contributed by atoms with Gasteiger partial charge in [0.15, 0.2) is 41.4 Å². The van der Waals surface area contributed by atoms with Gasteiger partial charge in [-0.3, -0.25) is 65.3 Å². The monoisotopic (exact) mass is 1310 g/mol. The molecule has 42 nitrogen and oxygen atoms in total. The number of H-pyrrole nitrogens is 2. The number of nitrogens with one attached hydrogen (secondary N) is 2. The molecule has 1 amide bonds. The SMILES string of the molecule is CO[C@@H]1[C@H](OP(=O)(O)OC[C@H]2O[C@@H](n3cnc4c(=O)[nH]c(N)nc43)[C@H](O)[C@@H]2O)[C@@H](COP(=O)(O)OP(=O)(O)CCP(=O)(O)OP(=O)(O)OC[C@H]2O[C@@H]([n+]3cn(C)c4c(=O)[nH]c(N)nc43)[C@H](O)[C@@H]2CC(=O)N(C)C)O[C@H]1n1cnc2c(N)ncnc21. The number of rotatable bonds is 24. The Hall–Kier alpha value is -5.45. The van der Waals surface area contributed by atoms with Crippen LogP contribution in [-0.4, -0.2) is 206 Å².